The van der Waals surface area contributed by atoms with E-state index in [1.807, 2.05) is 0 Å². The Morgan fingerprint density at radius 2 is 1.82 bits per heavy atom. The first-order valence-corrected chi connectivity index (χ1v) is 6.59. The maximum atomic E-state index is 5.74. The molecular weight excluding hydrogens is 212 g/mol. The summed E-state index contributed by atoms with van der Waals surface area (Å²) in [5.74, 6) is 7.35. The summed E-state index contributed by atoms with van der Waals surface area (Å²) in [6.45, 7) is 0. The molecule has 2 saturated carbocycles. The molecule has 1 aromatic carbocycles. The number of hydrogen-bond acceptors (Lipinski definition) is 3. The van der Waals surface area contributed by atoms with Crippen LogP contribution in [0.4, 0.5) is 0 Å². The molecule has 0 radical (unpaired) electrons. The molecule has 2 aliphatic carbocycles. The first kappa shape index (κ1) is 11.1. The third-order valence-electron chi connectivity index (χ3n) is 3.87. The minimum atomic E-state index is 0.304. The minimum Gasteiger partial charge on any atom is -0.490 e. The van der Waals surface area contributed by atoms with E-state index in [4.69, 9.17) is 10.6 Å². The highest BCUT2D eigenvalue weighted by atomic mass is 16.5. The smallest absolute Gasteiger partial charge is 0.119 e. The van der Waals surface area contributed by atoms with Crippen LogP contribution in [0.5, 0.6) is 5.75 Å². The molecular formula is C14H20N2O. The van der Waals surface area contributed by atoms with Crippen LogP contribution in [0, 0.1) is 5.92 Å². The SMILES string of the molecule is NNC(c1ccc(OC2CC2)cc1)C1CCC1. The van der Waals surface area contributed by atoms with E-state index >= 15 is 0 Å². The molecule has 3 nitrogen and oxygen atoms in total. The fourth-order valence-corrected chi connectivity index (χ4v) is 2.41. The number of nitrogens with one attached hydrogen (secondary N) is 1. The molecule has 0 amide bonds. The van der Waals surface area contributed by atoms with E-state index < -0.39 is 0 Å². The number of rotatable bonds is 5. The zero-order valence-corrected chi connectivity index (χ0v) is 10.1. The molecule has 2 fully saturated rings. The van der Waals surface area contributed by atoms with E-state index in [2.05, 4.69) is 29.7 Å². The molecule has 92 valence electrons. The van der Waals surface area contributed by atoms with Crippen molar-refractivity contribution in [2.45, 2.75) is 44.2 Å². The maximum Gasteiger partial charge on any atom is 0.119 e. The van der Waals surface area contributed by atoms with Crippen LogP contribution in [0.1, 0.15) is 43.7 Å². The molecule has 17 heavy (non-hydrogen) atoms. The molecule has 2 aliphatic rings. The van der Waals surface area contributed by atoms with Gasteiger partial charge in [0.2, 0.25) is 0 Å². The Bertz CT molecular complexity index is 368. The number of hydrazine groups is 1. The van der Waals surface area contributed by atoms with Crippen LogP contribution in [-0.4, -0.2) is 6.10 Å². The highest BCUT2D eigenvalue weighted by molar-refractivity contribution is 5.30. The second kappa shape index (κ2) is 4.67. The first-order valence-electron chi connectivity index (χ1n) is 6.59. The van der Waals surface area contributed by atoms with Gasteiger partial charge in [0.1, 0.15) is 5.75 Å². The average Bonchev–Trinajstić information content (AvgIpc) is 3.08. The Labute approximate surface area is 102 Å². The van der Waals surface area contributed by atoms with Crippen LogP contribution < -0.4 is 16.0 Å². The van der Waals surface area contributed by atoms with E-state index in [1.165, 1.54) is 37.7 Å². The predicted octanol–water partition coefficient (Wildman–Crippen LogP) is 2.53. The lowest BCUT2D eigenvalue weighted by atomic mass is 9.77. The molecule has 0 aromatic heterocycles. The second-order valence-electron chi connectivity index (χ2n) is 5.22. The Kier molecular flexibility index (Phi) is 3.04. The van der Waals surface area contributed by atoms with Gasteiger partial charge in [-0.3, -0.25) is 11.3 Å². The van der Waals surface area contributed by atoms with Crippen molar-refractivity contribution in [3.63, 3.8) is 0 Å². The van der Waals surface area contributed by atoms with E-state index in [1.54, 1.807) is 0 Å². The van der Waals surface area contributed by atoms with Gasteiger partial charge < -0.3 is 4.74 Å². The monoisotopic (exact) mass is 232 g/mol. The van der Waals surface area contributed by atoms with Gasteiger partial charge >= 0.3 is 0 Å². The third-order valence-corrected chi connectivity index (χ3v) is 3.87. The van der Waals surface area contributed by atoms with Crippen molar-refractivity contribution in [1.82, 2.24) is 5.43 Å². The Balaban J connectivity index is 1.68. The third kappa shape index (κ3) is 2.45. The number of benzene rings is 1. The lowest BCUT2D eigenvalue weighted by Crippen LogP contribution is -2.36. The molecule has 0 bridgehead atoms. The van der Waals surface area contributed by atoms with Crippen molar-refractivity contribution in [2.75, 3.05) is 0 Å². The lowest BCUT2D eigenvalue weighted by Gasteiger charge is -2.33. The molecule has 3 N–H and O–H groups in total. The summed E-state index contributed by atoms with van der Waals surface area (Å²) >= 11 is 0. The molecule has 0 aliphatic heterocycles. The first-order chi connectivity index (χ1) is 8.36. The standard InChI is InChI=1S/C14H20N2O/c15-16-14(10-2-1-3-10)11-4-6-12(7-5-11)17-13-8-9-13/h4-7,10,13-14,16H,1-3,8-9,15H2. The second-order valence-corrected chi connectivity index (χ2v) is 5.22. The fraction of sp³-hybridized carbons (Fsp3) is 0.571. The van der Waals surface area contributed by atoms with E-state index in [-0.39, 0.29) is 0 Å². The summed E-state index contributed by atoms with van der Waals surface area (Å²) in [5.41, 5.74) is 4.23. The van der Waals surface area contributed by atoms with Crippen LogP contribution >= 0.6 is 0 Å². The number of hydrogen-bond donors (Lipinski definition) is 2. The van der Waals surface area contributed by atoms with Crippen molar-refractivity contribution in [2.24, 2.45) is 11.8 Å². The van der Waals surface area contributed by atoms with Crippen LogP contribution in [-0.2, 0) is 0 Å². The van der Waals surface area contributed by atoms with Gasteiger partial charge in [0, 0.05) is 6.04 Å². The Morgan fingerprint density at radius 3 is 2.29 bits per heavy atom. The summed E-state index contributed by atoms with van der Waals surface area (Å²) in [6.07, 6.45) is 6.79. The zero-order chi connectivity index (χ0) is 11.7. The van der Waals surface area contributed by atoms with Gasteiger partial charge in [-0.2, -0.15) is 0 Å². The molecule has 1 unspecified atom stereocenters. The van der Waals surface area contributed by atoms with Gasteiger partial charge in [0.25, 0.3) is 0 Å². The van der Waals surface area contributed by atoms with Crippen LogP contribution in [0.3, 0.4) is 0 Å². The van der Waals surface area contributed by atoms with E-state index in [9.17, 15) is 0 Å². The van der Waals surface area contributed by atoms with Crippen LogP contribution in [0.25, 0.3) is 0 Å². The number of ether oxygens (including phenoxy) is 1. The topological polar surface area (TPSA) is 47.3 Å². The largest absolute Gasteiger partial charge is 0.490 e. The van der Waals surface area contributed by atoms with E-state index in [0.29, 0.717) is 18.1 Å². The predicted molar refractivity (Wildman–Crippen MR) is 67.5 cm³/mol. The minimum absolute atomic E-state index is 0.304. The maximum absolute atomic E-state index is 5.74. The van der Waals surface area contributed by atoms with Gasteiger partial charge in [-0.15, -0.1) is 0 Å². The molecule has 3 rings (SSSR count). The summed E-state index contributed by atoms with van der Waals surface area (Å²) in [5, 5.41) is 0. The summed E-state index contributed by atoms with van der Waals surface area (Å²) in [7, 11) is 0. The van der Waals surface area contributed by atoms with Gasteiger partial charge in [-0.05, 0) is 49.3 Å². The van der Waals surface area contributed by atoms with Crippen molar-refractivity contribution in [1.29, 1.82) is 0 Å². The Morgan fingerprint density at radius 1 is 1.12 bits per heavy atom. The van der Waals surface area contributed by atoms with E-state index in [0.717, 1.165) is 5.75 Å². The Hall–Kier alpha value is -1.06. The molecule has 0 spiro atoms. The van der Waals surface area contributed by atoms with Crippen molar-refractivity contribution in [3.8, 4) is 5.75 Å². The van der Waals surface area contributed by atoms with Crippen LogP contribution in [0.15, 0.2) is 24.3 Å². The normalized spacial score (nSPS) is 21.9. The van der Waals surface area contributed by atoms with Gasteiger partial charge in [0.05, 0.1) is 6.10 Å². The molecule has 1 aromatic rings. The van der Waals surface area contributed by atoms with Crippen molar-refractivity contribution < 1.29 is 4.74 Å². The van der Waals surface area contributed by atoms with Gasteiger partial charge in [0.15, 0.2) is 0 Å². The lowest BCUT2D eigenvalue weighted by molar-refractivity contribution is 0.232. The van der Waals surface area contributed by atoms with Gasteiger partial charge in [-0.25, -0.2) is 0 Å². The number of nitrogens with two attached hydrogens (primary N) is 1. The molecule has 1 atom stereocenters. The van der Waals surface area contributed by atoms with Crippen molar-refractivity contribution in [3.05, 3.63) is 29.8 Å². The summed E-state index contributed by atoms with van der Waals surface area (Å²) in [4.78, 5) is 0. The molecule has 0 saturated heterocycles. The molecule has 0 heterocycles. The van der Waals surface area contributed by atoms with Gasteiger partial charge in [-0.1, -0.05) is 18.6 Å². The molecule has 3 heteroatoms. The zero-order valence-electron chi connectivity index (χ0n) is 10.1. The summed E-state index contributed by atoms with van der Waals surface area (Å²) in [6, 6.07) is 8.72. The van der Waals surface area contributed by atoms with Crippen LogP contribution in [0.2, 0.25) is 0 Å². The average molecular weight is 232 g/mol. The summed E-state index contributed by atoms with van der Waals surface area (Å²) < 4.78 is 5.74. The quantitative estimate of drug-likeness (QED) is 0.606. The highest BCUT2D eigenvalue weighted by Crippen LogP contribution is 2.37. The highest BCUT2D eigenvalue weighted by Gasteiger charge is 2.28. The van der Waals surface area contributed by atoms with Crippen molar-refractivity contribution >= 4 is 0 Å². The fourth-order valence-electron chi connectivity index (χ4n) is 2.41.